The van der Waals surface area contributed by atoms with Gasteiger partial charge in [0.2, 0.25) is 5.95 Å². The molecule has 0 spiro atoms. The zero-order chi connectivity index (χ0) is 18.4. The number of ether oxygens (including phenoxy) is 1. The Morgan fingerprint density at radius 1 is 1.27 bits per heavy atom. The van der Waals surface area contributed by atoms with Crippen molar-refractivity contribution in [3.63, 3.8) is 0 Å². The first-order chi connectivity index (χ1) is 12.4. The lowest BCUT2D eigenvalue weighted by Crippen LogP contribution is -2.35. The highest BCUT2D eigenvalue weighted by Gasteiger charge is 2.56. The van der Waals surface area contributed by atoms with Crippen molar-refractivity contribution in [2.45, 2.75) is 44.6 Å². The van der Waals surface area contributed by atoms with Crippen LogP contribution in [0, 0.1) is 19.8 Å². The molecule has 1 aromatic carbocycles. The summed E-state index contributed by atoms with van der Waals surface area (Å²) < 4.78 is 20.3. The van der Waals surface area contributed by atoms with E-state index < -0.39 is 12.3 Å². The van der Waals surface area contributed by atoms with E-state index in [1.807, 2.05) is 6.07 Å². The van der Waals surface area contributed by atoms with Crippen molar-refractivity contribution in [1.82, 2.24) is 9.97 Å². The monoisotopic (exact) mass is 354 g/mol. The number of nitrogens with zero attached hydrogens (tertiary/aromatic N) is 2. The summed E-state index contributed by atoms with van der Waals surface area (Å²) in [5.41, 5.74) is 10.7. The molecule has 2 aliphatic rings. The summed E-state index contributed by atoms with van der Waals surface area (Å²) in [6.45, 7) is 8.40. The van der Waals surface area contributed by atoms with Gasteiger partial charge in [-0.05, 0) is 42.7 Å². The lowest BCUT2D eigenvalue weighted by molar-refractivity contribution is 0.0751. The minimum absolute atomic E-state index is 0.0409. The third-order valence-corrected chi connectivity index (χ3v) is 5.58. The van der Waals surface area contributed by atoms with Gasteiger partial charge >= 0.3 is 0 Å². The predicted molar refractivity (Wildman–Crippen MR) is 99.5 cm³/mol. The van der Waals surface area contributed by atoms with Crippen LogP contribution in [0.15, 0.2) is 42.9 Å². The molecule has 6 heteroatoms. The number of nitrogens with one attached hydrogen (secondary N) is 1. The molecule has 4 rings (SSSR count). The van der Waals surface area contributed by atoms with Gasteiger partial charge in [-0.15, -0.1) is 0 Å². The van der Waals surface area contributed by atoms with Crippen LogP contribution in [0.2, 0.25) is 0 Å². The number of fused-ring (bicyclic) bond motifs is 2. The van der Waals surface area contributed by atoms with Gasteiger partial charge in [0, 0.05) is 42.0 Å². The van der Waals surface area contributed by atoms with Crippen LogP contribution < -0.4 is 11.1 Å². The Morgan fingerprint density at radius 2 is 2.00 bits per heavy atom. The van der Waals surface area contributed by atoms with Gasteiger partial charge in [0.1, 0.15) is 6.17 Å². The van der Waals surface area contributed by atoms with Crippen LogP contribution in [0.25, 0.3) is 0 Å². The number of hydrogen-bond acceptors (Lipinski definition) is 5. The Bertz CT molecular complexity index is 838. The second-order valence-corrected chi connectivity index (χ2v) is 7.27. The maximum atomic E-state index is 14.4. The van der Waals surface area contributed by atoms with Crippen LogP contribution in [-0.4, -0.2) is 28.3 Å². The minimum atomic E-state index is -0.978. The van der Waals surface area contributed by atoms with Gasteiger partial charge in [0.15, 0.2) is 0 Å². The van der Waals surface area contributed by atoms with Crippen molar-refractivity contribution in [2.24, 2.45) is 5.92 Å². The van der Waals surface area contributed by atoms with E-state index >= 15 is 0 Å². The van der Waals surface area contributed by atoms with Gasteiger partial charge in [-0.2, -0.15) is 0 Å². The summed E-state index contributed by atoms with van der Waals surface area (Å²) in [7, 11) is 0. The van der Waals surface area contributed by atoms with Crippen LogP contribution in [0.3, 0.4) is 0 Å². The number of hydrogen-bond donors (Lipinski definition) is 2. The Kier molecular flexibility index (Phi) is 4.15. The maximum Gasteiger partial charge on any atom is 0.219 e. The molecule has 2 fully saturated rings. The normalized spacial score (nSPS) is 29.7. The number of nitrogens with two attached hydrogens (primary N) is 1. The summed E-state index contributed by atoms with van der Waals surface area (Å²) in [6.07, 6.45) is 2.07. The highest BCUT2D eigenvalue weighted by molar-refractivity contribution is 5.52. The fourth-order valence-electron chi connectivity index (χ4n) is 4.12. The Morgan fingerprint density at radius 3 is 2.69 bits per heavy atom. The lowest BCUT2D eigenvalue weighted by Gasteiger charge is -2.31. The third kappa shape index (κ3) is 2.84. The number of aromatic nitrogens is 2. The molecule has 1 aromatic heterocycles. The molecule has 2 saturated heterocycles. The third-order valence-electron chi connectivity index (χ3n) is 5.58. The summed E-state index contributed by atoms with van der Waals surface area (Å²) >= 11 is 0. The molecule has 0 amide bonds. The van der Waals surface area contributed by atoms with E-state index in [1.54, 1.807) is 12.4 Å². The molecule has 26 heavy (non-hydrogen) atoms. The molecular formula is C20H23FN4O. The zero-order valence-corrected chi connectivity index (χ0v) is 14.9. The van der Waals surface area contributed by atoms with Crippen LogP contribution in [0.5, 0.6) is 0 Å². The maximum absolute atomic E-state index is 14.4. The second-order valence-electron chi connectivity index (χ2n) is 7.27. The zero-order valence-electron chi connectivity index (χ0n) is 14.9. The molecule has 0 saturated carbocycles. The number of anilines is 2. The molecular weight excluding hydrogens is 331 g/mol. The predicted octanol–water partition coefficient (Wildman–Crippen LogP) is 3.51. The van der Waals surface area contributed by atoms with Crippen LogP contribution in [-0.2, 0) is 4.74 Å². The molecule has 3 heterocycles. The summed E-state index contributed by atoms with van der Waals surface area (Å²) in [5.74, 6) is -0.00464. The average molecular weight is 354 g/mol. The topological polar surface area (TPSA) is 73.1 Å². The number of halogens is 1. The fourth-order valence-corrected chi connectivity index (χ4v) is 4.12. The summed E-state index contributed by atoms with van der Waals surface area (Å²) in [4.78, 5) is 8.14. The minimum Gasteiger partial charge on any atom is -0.370 e. The number of nitrogen functional groups attached to an aromatic ring is 1. The van der Waals surface area contributed by atoms with Gasteiger partial charge < -0.3 is 15.8 Å². The second kappa shape index (κ2) is 6.36. The first kappa shape index (κ1) is 17.0. The summed E-state index contributed by atoms with van der Waals surface area (Å²) in [6, 6.07) is 6.19. The van der Waals surface area contributed by atoms with Crippen molar-refractivity contribution in [3.8, 4) is 0 Å². The summed E-state index contributed by atoms with van der Waals surface area (Å²) in [5, 5.41) is 3.40. The van der Waals surface area contributed by atoms with Gasteiger partial charge in [0.05, 0.1) is 12.2 Å². The highest BCUT2D eigenvalue weighted by Crippen LogP contribution is 2.52. The molecule has 0 radical (unpaired) electrons. The number of benzene rings is 1. The van der Waals surface area contributed by atoms with E-state index in [2.05, 4.69) is 47.8 Å². The van der Waals surface area contributed by atoms with Crippen molar-refractivity contribution in [3.05, 3.63) is 59.6 Å². The molecule has 2 aromatic rings. The molecule has 5 unspecified atom stereocenters. The SMILES string of the molecule is C=C(Nc1ccc(C)c(C)c1)C1C2CC(F)C(O2)C1c1cnc(N)nc1. The van der Waals surface area contributed by atoms with Crippen LogP contribution in [0.4, 0.5) is 16.0 Å². The first-order valence-electron chi connectivity index (χ1n) is 8.84. The van der Waals surface area contributed by atoms with Gasteiger partial charge in [0.25, 0.3) is 0 Å². The van der Waals surface area contributed by atoms with Gasteiger partial charge in [-0.25, -0.2) is 14.4 Å². The van der Waals surface area contributed by atoms with E-state index in [0.29, 0.717) is 6.42 Å². The largest absolute Gasteiger partial charge is 0.370 e. The van der Waals surface area contributed by atoms with Crippen LogP contribution >= 0.6 is 0 Å². The highest BCUT2D eigenvalue weighted by atomic mass is 19.1. The van der Waals surface area contributed by atoms with Crippen molar-refractivity contribution < 1.29 is 9.13 Å². The van der Waals surface area contributed by atoms with E-state index in [-0.39, 0.29) is 23.9 Å². The smallest absolute Gasteiger partial charge is 0.219 e. The van der Waals surface area contributed by atoms with E-state index in [0.717, 1.165) is 16.9 Å². The van der Waals surface area contributed by atoms with Crippen molar-refractivity contribution >= 4 is 11.6 Å². The molecule has 0 aliphatic carbocycles. The van der Waals surface area contributed by atoms with Crippen LogP contribution in [0.1, 0.15) is 29.0 Å². The average Bonchev–Trinajstić information content (AvgIpc) is 3.16. The Labute approximate surface area is 152 Å². The Balaban J connectivity index is 1.61. The van der Waals surface area contributed by atoms with E-state index in [9.17, 15) is 4.39 Å². The molecule has 5 atom stereocenters. The van der Waals surface area contributed by atoms with E-state index in [4.69, 9.17) is 10.5 Å². The van der Waals surface area contributed by atoms with Gasteiger partial charge in [-0.3, -0.25) is 0 Å². The first-order valence-corrected chi connectivity index (χ1v) is 8.84. The molecule has 2 aliphatic heterocycles. The van der Waals surface area contributed by atoms with E-state index in [1.165, 1.54) is 11.1 Å². The molecule has 5 nitrogen and oxygen atoms in total. The van der Waals surface area contributed by atoms with Crippen molar-refractivity contribution in [1.29, 1.82) is 0 Å². The lowest BCUT2D eigenvalue weighted by atomic mass is 9.74. The molecule has 2 bridgehead atoms. The Hall–Kier alpha value is -2.47. The number of aryl methyl sites for hydroxylation is 2. The fraction of sp³-hybridized carbons (Fsp3) is 0.400. The number of alkyl halides is 1. The molecule has 3 N–H and O–H groups in total. The standard InChI is InChI=1S/C20H23FN4O/c1-10-4-5-14(6-11(10)2)25-12(3)17-16-7-15(21)19(26-16)18(17)13-8-23-20(22)24-9-13/h4-6,8-9,15-19,25H,3,7H2,1-2H3,(H2,22,23,24). The van der Waals surface area contributed by atoms with Crippen molar-refractivity contribution in [2.75, 3.05) is 11.1 Å². The number of rotatable bonds is 4. The molecule has 136 valence electrons. The quantitative estimate of drug-likeness (QED) is 0.879. The van der Waals surface area contributed by atoms with Gasteiger partial charge in [-0.1, -0.05) is 12.6 Å².